The van der Waals surface area contributed by atoms with Crippen molar-refractivity contribution in [2.75, 3.05) is 0 Å². The van der Waals surface area contributed by atoms with Crippen molar-refractivity contribution in [2.45, 2.75) is 39.0 Å². The number of aldehydes is 1. The molecule has 0 heterocycles. The summed E-state index contributed by atoms with van der Waals surface area (Å²) in [5.41, 5.74) is 1.73. The molecule has 82 valence electrons. The number of carbonyl (C=O) groups excluding carboxylic acids is 1. The number of hydrogen-bond acceptors (Lipinski definition) is 2. The van der Waals surface area contributed by atoms with Gasteiger partial charge in [-0.2, -0.15) is 0 Å². The Morgan fingerprint density at radius 3 is 2.40 bits per heavy atom. The van der Waals surface area contributed by atoms with Crippen LogP contribution in [-0.2, 0) is 10.2 Å². The molecule has 0 bridgehead atoms. The van der Waals surface area contributed by atoms with Crippen molar-refractivity contribution in [1.29, 1.82) is 0 Å². The van der Waals surface area contributed by atoms with Gasteiger partial charge in [-0.15, -0.1) is 0 Å². The maximum atomic E-state index is 10.7. The van der Waals surface area contributed by atoms with E-state index in [4.69, 9.17) is 0 Å². The average molecular weight is 206 g/mol. The Labute approximate surface area is 90.9 Å². The Balaban J connectivity index is 3.22. The summed E-state index contributed by atoms with van der Waals surface area (Å²) in [6.07, 6.45) is 0.915. The molecule has 1 aromatic rings. The lowest BCUT2D eigenvalue weighted by atomic mass is 9.84. The molecule has 0 aliphatic rings. The second-order valence-corrected chi connectivity index (χ2v) is 4.95. The van der Waals surface area contributed by atoms with E-state index in [9.17, 15) is 9.90 Å². The first-order valence-electron chi connectivity index (χ1n) is 5.15. The van der Waals surface area contributed by atoms with Crippen molar-refractivity contribution in [3.05, 3.63) is 29.3 Å². The van der Waals surface area contributed by atoms with Crippen LogP contribution in [0.5, 0.6) is 5.75 Å². The van der Waals surface area contributed by atoms with Crippen molar-refractivity contribution < 1.29 is 9.90 Å². The molecule has 0 radical (unpaired) electrons. The van der Waals surface area contributed by atoms with Crippen molar-refractivity contribution in [2.24, 2.45) is 0 Å². The molecule has 0 aliphatic heterocycles. The molecule has 1 unspecified atom stereocenters. The standard InChI is InChI=1S/C13H18O2/c1-9(8-14)10-5-6-12(15)11(7-10)13(2,3)4/h5-9,15H,1-4H3. The number of phenols is 1. The van der Waals surface area contributed by atoms with Crippen molar-refractivity contribution in [1.82, 2.24) is 0 Å². The summed E-state index contributed by atoms with van der Waals surface area (Å²) in [4.78, 5) is 10.7. The minimum atomic E-state index is -0.119. The number of aromatic hydroxyl groups is 1. The van der Waals surface area contributed by atoms with Gasteiger partial charge in [-0.05, 0) is 22.6 Å². The quantitative estimate of drug-likeness (QED) is 0.755. The molecule has 2 heteroatoms. The molecule has 0 amide bonds. The fourth-order valence-electron chi connectivity index (χ4n) is 1.52. The summed E-state index contributed by atoms with van der Waals surface area (Å²) in [7, 11) is 0. The Morgan fingerprint density at radius 1 is 1.33 bits per heavy atom. The molecule has 0 saturated carbocycles. The van der Waals surface area contributed by atoms with Gasteiger partial charge in [0.05, 0.1) is 0 Å². The number of hydrogen-bond donors (Lipinski definition) is 1. The predicted octanol–water partition coefficient (Wildman–Crippen LogP) is 2.99. The Bertz CT molecular complexity index is 361. The van der Waals surface area contributed by atoms with Crippen LogP contribution in [0.1, 0.15) is 44.7 Å². The number of carbonyl (C=O) groups is 1. The summed E-state index contributed by atoms with van der Waals surface area (Å²) in [6.45, 7) is 7.97. The second-order valence-electron chi connectivity index (χ2n) is 4.95. The normalized spacial score (nSPS) is 13.6. The van der Waals surface area contributed by atoms with Crippen LogP contribution in [0.25, 0.3) is 0 Å². The number of rotatable bonds is 2. The first-order valence-corrected chi connectivity index (χ1v) is 5.15. The van der Waals surface area contributed by atoms with Gasteiger partial charge in [0.15, 0.2) is 0 Å². The topological polar surface area (TPSA) is 37.3 Å². The van der Waals surface area contributed by atoms with Gasteiger partial charge in [0, 0.05) is 5.92 Å². The van der Waals surface area contributed by atoms with Crippen LogP contribution in [0.15, 0.2) is 18.2 Å². The molecule has 1 aromatic carbocycles. The van der Waals surface area contributed by atoms with Crippen LogP contribution < -0.4 is 0 Å². The van der Waals surface area contributed by atoms with Gasteiger partial charge in [0.1, 0.15) is 12.0 Å². The van der Waals surface area contributed by atoms with E-state index >= 15 is 0 Å². The first kappa shape index (κ1) is 11.8. The molecule has 0 spiro atoms. The summed E-state index contributed by atoms with van der Waals surface area (Å²) < 4.78 is 0. The van der Waals surface area contributed by atoms with Crippen LogP contribution in [0.2, 0.25) is 0 Å². The van der Waals surface area contributed by atoms with E-state index in [1.165, 1.54) is 0 Å². The lowest BCUT2D eigenvalue weighted by Crippen LogP contribution is -2.12. The van der Waals surface area contributed by atoms with Crippen LogP contribution in [-0.4, -0.2) is 11.4 Å². The smallest absolute Gasteiger partial charge is 0.127 e. The minimum absolute atomic E-state index is 0.108. The highest BCUT2D eigenvalue weighted by Crippen LogP contribution is 2.32. The zero-order chi connectivity index (χ0) is 11.6. The maximum Gasteiger partial charge on any atom is 0.127 e. The van der Waals surface area contributed by atoms with Gasteiger partial charge in [-0.25, -0.2) is 0 Å². The molecule has 1 N–H and O–H groups in total. The Morgan fingerprint density at radius 2 is 1.93 bits per heavy atom. The van der Waals surface area contributed by atoms with E-state index in [0.717, 1.165) is 17.4 Å². The third-order valence-electron chi connectivity index (χ3n) is 2.56. The lowest BCUT2D eigenvalue weighted by Gasteiger charge is -2.21. The van der Waals surface area contributed by atoms with E-state index in [0.29, 0.717) is 5.75 Å². The van der Waals surface area contributed by atoms with Gasteiger partial charge in [-0.1, -0.05) is 39.8 Å². The number of phenolic OH excluding ortho intramolecular Hbond substituents is 1. The summed E-state index contributed by atoms with van der Waals surface area (Å²) in [5.74, 6) is 0.177. The van der Waals surface area contributed by atoms with E-state index in [2.05, 4.69) is 0 Å². The van der Waals surface area contributed by atoms with Gasteiger partial charge < -0.3 is 9.90 Å². The molecular weight excluding hydrogens is 188 g/mol. The molecule has 0 aliphatic carbocycles. The highest BCUT2D eigenvalue weighted by molar-refractivity contribution is 5.62. The lowest BCUT2D eigenvalue weighted by molar-refractivity contribution is -0.108. The van der Waals surface area contributed by atoms with Gasteiger partial charge in [0.2, 0.25) is 0 Å². The van der Waals surface area contributed by atoms with Gasteiger partial charge in [-0.3, -0.25) is 0 Å². The average Bonchev–Trinajstić information content (AvgIpc) is 2.15. The molecule has 0 aromatic heterocycles. The number of benzene rings is 1. The Hall–Kier alpha value is -1.31. The fraction of sp³-hybridized carbons (Fsp3) is 0.462. The van der Waals surface area contributed by atoms with E-state index < -0.39 is 0 Å². The second kappa shape index (κ2) is 4.05. The van der Waals surface area contributed by atoms with E-state index in [-0.39, 0.29) is 11.3 Å². The SMILES string of the molecule is CC(C=O)c1ccc(O)c(C(C)(C)C)c1. The van der Waals surface area contributed by atoms with E-state index in [1.807, 2.05) is 33.8 Å². The third kappa shape index (κ3) is 2.58. The van der Waals surface area contributed by atoms with Crippen LogP contribution in [0.3, 0.4) is 0 Å². The molecule has 1 atom stereocenters. The van der Waals surface area contributed by atoms with Crippen molar-refractivity contribution in [3.63, 3.8) is 0 Å². The zero-order valence-electron chi connectivity index (χ0n) is 9.74. The van der Waals surface area contributed by atoms with Crippen molar-refractivity contribution in [3.8, 4) is 5.75 Å². The molecule has 0 fully saturated rings. The van der Waals surface area contributed by atoms with Gasteiger partial charge in [0.25, 0.3) is 0 Å². The predicted molar refractivity (Wildman–Crippen MR) is 61.3 cm³/mol. The highest BCUT2D eigenvalue weighted by atomic mass is 16.3. The first-order chi connectivity index (χ1) is 6.86. The summed E-state index contributed by atoms with van der Waals surface area (Å²) >= 11 is 0. The maximum absolute atomic E-state index is 10.7. The highest BCUT2D eigenvalue weighted by Gasteiger charge is 2.19. The zero-order valence-corrected chi connectivity index (χ0v) is 9.74. The monoisotopic (exact) mass is 206 g/mol. The third-order valence-corrected chi connectivity index (χ3v) is 2.56. The fourth-order valence-corrected chi connectivity index (χ4v) is 1.52. The largest absolute Gasteiger partial charge is 0.508 e. The molecule has 15 heavy (non-hydrogen) atoms. The minimum Gasteiger partial charge on any atom is -0.508 e. The van der Waals surface area contributed by atoms with Crippen molar-refractivity contribution >= 4 is 6.29 Å². The van der Waals surface area contributed by atoms with Crippen LogP contribution >= 0.6 is 0 Å². The van der Waals surface area contributed by atoms with Crippen LogP contribution in [0.4, 0.5) is 0 Å². The Kier molecular flexibility index (Phi) is 3.18. The van der Waals surface area contributed by atoms with Crippen LogP contribution in [0, 0.1) is 0 Å². The molecule has 2 nitrogen and oxygen atoms in total. The van der Waals surface area contributed by atoms with Gasteiger partial charge >= 0.3 is 0 Å². The molecule has 0 saturated heterocycles. The van der Waals surface area contributed by atoms with E-state index in [1.54, 1.807) is 12.1 Å². The molecular formula is C13H18O2. The summed E-state index contributed by atoms with van der Waals surface area (Å²) in [6, 6.07) is 5.37. The molecule has 1 rings (SSSR count). The summed E-state index contributed by atoms with van der Waals surface area (Å²) in [5, 5.41) is 9.74.